The molecule has 1 N–H and O–H groups in total. The molecule has 1 aliphatic carbocycles. The summed E-state index contributed by atoms with van der Waals surface area (Å²) < 4.78 is 2.24. The van der Waals surface area contributed by atoms with Gasteiger partial charge in [-0.2, -0.15) is 0 Å². The number of rotatable bonds is 8. The molecule has 158 valence electrons. The lowest BCUT2D eigenvalue weighted by molar-refractivity contribution is -0.144. The van der Waals surface area contributed by atoms with E-state index in [1.807, 2.05) is 18.3 Å². The van der Waals surface area contributed by atoms with Gasteiger partial charge < -0.3 is 9.67 Å². The highest BCUT2D eigenvalue weighted by molar-refractivity contribution is 5.93. The normalized spacial score (nSPS) is 16.4. The number of carboxylic acids is 1. The molecule has 0 bridgehead atoms. The molecule has 4 rings (SSSR count). The molecule has 1 unspecified atom stereocenters. The van der Waals surface area contributed by atoms with Crippen LogP contribution in [0.4, 0.5) is 0 Å². The average molecular weight is 405 g/mol. The summed E-state index contributed by atoms with van der Waals surface area (Å²) in [5, 5.41) is 11.0. The van der Waals surface area contributed by atoms with Crippen LogP contribution in [0.1, 0.15) is 57.8 Å². The number of pyridine rings is 1. The molecule has 0 radical (unpaired) electrons. The summed E-state index contributed by atoms with van der Waals surface area (Å²) in [6.07, 6.45) is 13.8. The Morgan fingerprint density at radius 2 is 1.80 bits per heavy atom. The van der Waals surface area contributed by atoms with Gasteiger partial charge >= 0.3 is 5.97 Å². The molecule has 0 spiro atoms. The van der Waals surface area contributed by atoms with E-state index in [0.717, 1.165) is 44.3 Å². The number of benzene rings is 1. The third-order valence-electron chi connectivity index (χ3n) is 6.67. The maximum Gasteiger partial charge on any atom is 0.306 e. The summed E-state index contributed by atoms with van der Waals surface area (Å²) in [7, 11) is 0. The minimum Gasteiger partial charge on any atom is -0.481 e. The Morgan fingerprint density at radius 3 is 2.53 bits per heavy atom. The van der Waals surface area contributed by atoms with Gasteiger partial charge in [-0.1, -0.05) is 62.4 Å². The predicted octanol–water partition coefficient (Wildman–Crippen LogP) is 6.54. The monoisotopic (exact) mass is 404 g/mol. The van der Waals surface area contributed by atoms with Crippen molar-refractivity contribution >= 4 is 17.0 Å². The first-order valence-corrected chi connectivity index (χ1v) is 11.5. The zero-order valence-corrected chi connectivity index (χ0v) is 17.7. The average Bonchev–Trinajstić information content (AvgIpc) is 2.93. The van der Waals surface area contributed by atoms with Gasteiger partial charge in [0.15, 0.2) is 0 Å². The number of nitrogens with zero attached hydrogens (tertiary/aromatic N) is 2. The molecule has 0 aliphatic heterocycles. The van der Waals surface area contributed by atoms with Gasteiger partial charge in [-0.3, -0.25) is 4.79 Å². The lowest BCUT2D eigenvalue weighted by Gasteiger charge is -2.22. The Bertz CT molecular complexity index is 956. The van der Waals surface area contributed by atoms with Crippen LogP contribution in [0.15, 0.2) is 54.9 Å². The standard InChI is InChI=1S/C26H32N2O2/c29-26(30)22(20-11-4-1-2-5-12-20)15-8-9-18-28-19-24(21-13-6-3-7-14-21)23-16-10-17-27-25(23)28/h3,6-7,10,13-14,16-17,19-20,22H,1-2,4-5,8-9,11-12,15,18H2,(H,29,30). The second-order valence-electron chi connectivity index (χ2n) is 8.67. The summed E-state index contributed by atoms with van der Waals surface area (Å²) in [5.41, 5.74) is 3.42. The highest BCUT2D eigenvalue weighted by Crippen LogP contribution is 2.33. The van der Waals surface area contributed by atoms with Crippen LogP contribution in [-0.4, -0.2) is 20.6 Å². The molecule has 3 aromatic rings. The molecule has 1 aliphatic rings. The molecule has 0 amide bonds. The minimum atomic E-state index is -0.596. The van der Waals surface area contributed by atoms with Crippen molar-refractivity contribution in [2.45, 2.75) is 64.3 Å². The molecule has 1 saturated carbocycles. The Morgan fingerprint density at radius 1 is 1.03 bits per heavy atom. The van der Waals surface area contributed by atoms with Crippen LogP contribution in [0.5, 0.6) is 0 Å². The van der Waals surface area contributed by atoms with Crippen molar-refractivity contribution in [3.63, 3.8) is 0 Å². The smallest absolute Gasteiger partial charge is 0.306 e. The summed E-state index contributed by atoms with van der Waals surface area (Å²) in [5.74, 6) is -0.410. The van der Waals surface area contributed by atoms with Crippen LogP contribution in [0.25, 0.3) is 22.2 Å². The van der Waals surface area contributed by atoms with Crippen molar-refractivity contribution in [3.05, 3.63) is 54.9 Å². The first kappa shape index (κ1) is 20.6. The van der Waals surface area contributed by atoms with E-state index in [2.05, 4.69) is 46.1 Å². The maximum absolute atomic E-state index is 11.9. The van der Waals surface area contributed by atoms with Crippen LogP contribution in [-0.2, 0) is 11.3 Å². The number of carbonyl (C=O) groups is 1. The van der Waals surface area contributed by atoms with Gasteiger partial charge in [0.1, 0.15) is 5.65 Å². The van der Waals surface area contributed by atoms with E-state index in [-0.39, 0.29) is 5.92 Å². The summed E-state index contributed by atoms with van der Waals surface area (Å²) in [6, 6.07) is 14.6. The fourth-order valence-electron chi connectivity index (χ4n) is 5.06. The number of aromatic nitrogens is 2. The van der Waals surface area contributed by atoms with E-state index in [1.165, 1.54) is 42.2 Å². The molecule has 30 heavy (non-hydrogen) atoms. The largest absolute Gasteiger partial charge is 0.481 e. The van der Waals surface area contributed by atoms with Crippen molar-refractivity contribution in [2.75, 3.05) is 0 Å². The van der Waals surface area contributed by atoms with Gasteiger partial charge in [0, 0.05) is 29.9 Å². The highest BCUT2D eigenvalue weighted by Gasteiger charge is 2.28. The van der Waals surface area contributed by atoms with Crippen LogP contribution in [0.3, 0.4) is 0 Å². The van der Waals surface area contributed by atoms with Crippen molar-refractivity contribution < 1.29 is 9.90 Å². The van der Waals surface area contributed by atoms with E-state index in [0.29, 0.717) is 5.92 Å². The molecule has 0 saturated heterocycles. The van der Waals surface area contributed by atoms with Crippen LogP contribution in [0, 0.1) is 11.8 Å². The summed E-state index contributed by atoms with van der Waals surface area (Å²) >= 11 is 0. The first-order chi connectivity index (χ1) is 14.7. The summed E-state index contributed by atoms with van der Waals surface area (Å²) in [6.45, 7) is 0.872. The van der Waals surface area contributed by atoms with E-state index in [1.54, 1.807) is 0 Å². The van der Waals surface area contributed by atoms with E-state index in [4.69, 9.17) is 0 Å². The Labute approximate surface area is 179 Å². The highest BCUT2D eigenvalue weighted by atomic mass is 16.4. The van der Waals surface area contributed by atoms with Gasteiger partial charge in [0.25, 0.3) is 0 Å². The third-order valence-corrected chi connectivity index (χ3v) is 6.67. The fourth-order valence-corrected chi connectivity index (χ4v) is 5.06. The SMILES string of the molecule is O=C(O)C(CCCCn1cc(-c2ccccc2)c2cccnc21)C1CCCCCC1. The van der Waals surface area contributed by atoms with Gasteiger partial charge in [-0.25, -0.2) is 4.98 Å². The van der Waals surface area contributed by atoms with Crippen LogP contribution < -0.4 is 0 Å². The maximum atomic E-state index is 11.9. The molecule has 2 aromatic heterocycles. The zero-order chi connectivity index (χ0) is 20.8. The number of fused-ring (bicyclic) bond motifs is 1. The van der Waals surface area contributed by atoms with Gasteiger partial charge in [-0.15, -0.1) is 0 Å². The number of aliphatic carboxylic acids is 1. The molecule has 1 aromatic carbocycles. The van der Waals surface area contributed by atoms with Crippen molar-refractivity contribution in [1.82, 2.24) is 9.55 Å². The van der Waals surface area contributed by atoms with E-state index < -0.39 is 5.97 Å². The molecule has 2 heterocycles. The van der Waals surface area contributed by atoms with Crippen LogP contribution >= 0.6 is 0 Å². The summed E-state index contributed by atoms with van der Waals surface area (Å²) in [4.78, 5) is 16.5. The van der Waals surface area contributed by atoms with Gasteiger partial charge in [0.2, 0.25) is 0 Å². The number of aryl methyl sites for hydroxylation is 1. The predicted molar refractivity (Wildman–Crippen MR) is 121 cm³/mol. The lowest BCUT2D eigenvalue weighted by atomic mass is 9.83. The molecule has 4 heteroatoms. The quantitative estimate of drug-likeness (QED) is 0.342. The number of unbranched alkanes of at least 4 members (excludes halogenated alkanes) is 1. The lowest BCUT2D eigenvalue weighted by Crippen LogP contribution is -2.23. The number of hydrogen-bond donors (Lipinski definition) is 1. The van der Waals surface area contributed by atoms with E-state index >= 15 is 0 Å². The molecule has 1 fully saturated rings. The van der Waals surface area contributed by atoms with Crippen LogP contribution in [0.2, 0.25) is 0 Å². The van der Waals surface area contributed by atoms with Crippen molar-refractivity contribution in [2.24, 2.45) is 11.8 Å². The second kappa shape index (κ2) is 9.92. The Kier molecular flexibility index (Phi) is 6.83. The second-order valence-corrected chi connectivity index (χ2v) is 8.67. The Balaban J connectivity index is 1.42. The minimum absolute atomic E-state index is 0.178. The van der Waals surface area contributed by atoms with Gasteiger partial charge in [-0.05, 0) is 49.3 Å². The Hall–Kier alpha value is -2.62. The number of hydrogen-bond acceptors (Lipinski definition) is 2. The topological polar surface area (TPSA) is 55.1 Å². The zero-order valence-electron chi connectivity index (χ0n) is 17.7. The van der Waals surface area contributed by atoms with E-state index in [9.17, 15) is 9.90 Å². The van der Waals surface area contributed by atoms with Crippen molar-refractivity contribution in [3.8, 4) is 11.1 Å². The molecular formula is C26H32N2O2. The molecule has 1 atom stereocenters. The number of carboxylic acid groups (broad SMARTS) is 1. The first-order valence-electron chi connectivity index (χ1n) is 11.5. The fraction of sp³-hybridized carbons (Fsp3) is 0.462. The molecule has 4 nitrogen and oxygen atoms in total. The third kappa shape index (κ3) is 4.75. The van der Waals surface area contributed by atoms with Gasteiger partial charge in [0.05, 0.1) is 5.92 Å². The van der Waals surface area contributed by atoms with Crippen molar-refractivity contribution in [1.29, 1.82) is 0 Å². The molecular weight excluding hydrogens is 372 g/mol.